The highest BCUT2D eigenvalue weighted by atomic mass is 16.7. The number of unbranched alkanes of at least 4 members (excludes halogenated alkanes) is 2. The van der Waals surface area contributed by atoms with E-state index in [0.717, 1.165) is 25.9 Å². The Labute approximate surface area is 116 Å². The standard InChI is InChI=1S/C14H23BO4/c1-3-4-5-8-17-11-10-12(15)19-14(11,9-16-2)13(18-10)6-7-13/h10-12H,3-9H2,1-2H3/t10?,11-,12?,14?/m1/s1. The van der Waals surface area contributed by atoms with E-state index in [1.54, 1.807) is 7.11 Å². The normalized spacial score (nSPS) is 42.1. The predicted octanol–water partition coefficient (Wildman–Crippen LogP) is 1.40. The largest absolute Gasteiger partial charge is 0.381 e. The maximum absolute atomic E-state index is 6.14. The zero-order valence-corrected chi connectivity index (χ0v) is 11.9. The first-order valence-electron chi connectivity index (χ1n) is 7.41. The highest BCUT2D eigenvalue weighted by Crippen LogP contribution is 2.62. The highest BCUT2D eigenvalue weighted by molar-refractivity contribution is 6.12. The van der Waals surface area contributed by atoms with Gasteiger partial charge < -0.3 is 18.9 Å². The summed E-state index contributed by atoms with van der Waals surface area (Å²) in [5.41, 5.74) is -0.684. The Morgan fingerprint density at radius 2 is 2.05 bits per heavy atom. The van der Waals surface area contributed by atoms with Crippen molar-refractivity contribution in [1.29, 1.82) is 0 Å². The molecule has 0 aromatic carbocycles. The lowest BCUT2D eigenvalue weighted by atomic mass is 9.89. The molecule has 19 heavy (non-hydrogen) atoms. The van der Waals surface area contributed by atoms with Gasteiger partial charge >= 0.3 is 0 Å². The van der Waals surface area contributed by atoms with E-state index >= 15 is 0 Å². The van der Waals surface area contributed by atoms with Crippen molar-refractivity contribution in [3.05, 3.63) is 0 Å². The van der Waals surface area contributed by atoms with Crippen LogP contribution in [0.4, 0.5) is 0 Å². The molecule has 0 aromatic rings. The molecule has 2 radical (unpaired) electrons. The van der Waals surface area contributed by atoms with Crippen molar-refractivity contribution < 1.29 is 18.9 Å². The number of ether oxygens (including phenoxy) is 4. The third kappa shape index (κ3) is 1.97. The molecule has 1 spiro atoms. The average Bonchev–Trinajstić information content (AvgIpc) is 3.05. The zero-order chi connectivity index (χ0) is 13.5. The topological polar surface area (TPSA) is 36.9 Å². The monoisotopic (exact) mass is 266 g/mol. The molecule has 4 nitrogen and oxygen atoms in total. The maximum Gasteiger partial charge on any atom is 0.148 e. The van der Waals surface area contributed by atoms with Crippen LogP contribution in [0.15, 0.2) is 0 Å². The third-order valence-corrected chi connectivity index (χ3v) is 4.67. The van der Waals surface area contributed by atoms with Gasteiger partial charge in [0.2, 0.25) is 0 Å². The molecule has 106 valence electrons. The molecular formula is C14H23BO4. The minimum atomic E-state index is -0.488. The molecule has 1 saturated carbocycles. The van der Waals surface area contributed by atoms with E-state index in [-0.39, 0.29) is 17.8 Å². The Bertz CT molecular complexity index is 333. The van der Waals surface area contributed by atoms with Crippen molar-refractivity contribution in [3.63, 3.8) is 0 Å². The summed E-state index contributed by atoms with van der Waals surface area (Å²) in [5.74, 6) is 0. The molecular weight excluding hydrogens is 243 g/mol. The van der Waals surface area contributed by atoms with Gasteiger partial charge in [0.15, 0.2) is 0 Å². The lowest BCUT2D eigenvalue weighted by Gasteiger charge is -2.37. The number of hydrogen-bond donors (Lipinski definition) is 0. The van der Waals surface area contributed by atoms with Gasteiger partial charge in [0.1, 0.15) is 31.3 Å². The van der Waals surface area contributed by atoms with Gasteiger partial charge in [0.05, 0.1) is 6.61 Å². The van der Waals surface area contributed by atoms with Crippen LogP contribution in [-0.4, -0.2) is 57.6 Å². The van der Waals surface area contributed by atoms with Gasteiger partial charge in [0.25, 0.3) is 0 Å². The molecule has 2 saturated heterocycles. The molecule has 4 atom stereocenters. The van der Waals surface area contributed by atoms with Crippen molar-refractivity contribution in [1.82, 2.24) is 0 Å². The van der Waals surface area contributed by atoms with Crippen LogP contribution in [0.3, 0.4) is 0 Å². The number of rotatable bonds is 7. The first-order valence-corrected chi connectivity index (χ1v) is 7.41. The SMILES string of the molecule is [B]C1OC2(COC)[C@H](OCCCCC)C1OC21CC1. The van der Waals surface area contributed by atoms with E-state index in [1.807, 2.05) is 0 Å². The van der Waals surface area contributed by atoms with Crippen LogP contribution >= 0.6 is 0 Å². The van der Waals surface area contributed by atoms with E-state index < -0.39 is 11.6 Å². The summed E-state index contributed by atoms with van der Waals surface area (Å²) in [4.78, 5) is 0. The maximum atomic E-state index is 6.14. The van der Waals surface area contributed by atoms with Gasteiger partial charge in [-0.25, -0.2) is 0 Å². The average molecular weight is 266 g/mol. The summed E-state index contributed by atoms with van der Waals surface area (Å²) in [6, 6.07) is -0.391. The molecule has 3 aliphatic rings. The van der Waals surface area contributed by atoms with E-state index in [4.69, 9.17) is 26.8 Å². The molecule has 3 fully saturated rings. The Hall–Kier alpha value is -0.0951. The van der Waals surface area contributed by atoms with Crippen molar-refractivity contribution in [2.45, 2.75) is 68.4 Å². The van der Waals surface area contributed by atoms with Crippen LogP contribution in [0.2, 0.25) is 0 Å². The lowest BCUT2D eigenvalue weighted by Crippen LogP contribution is -2.54. The fourth-order valence-corrected chi connectivity index (χ4v) is 3.58. The molecule has 3 unspecified atom stereocenters. The van der Waals surface area contributed by atoms with Gasteiger partial charge in [-0.15, -0.1) is 0 Å². The quantitative estimate of drug-likeness (QED) is 0.515. The van der Waals surface area contributed by atoms with Gasteiger partial charge in [-0.2, -0.15) is 0 Å². The molecule has 0 N–H and O–H groups in total. The van der Waals surface area contributed by atoms with Gasteiger partial charge in [0, 0.05) is 19.7 Å². The molecule has 3 rings (SSSR count). The van der Waals surface area contributed by atoms with E-state index in [1.165, 1.54) is 12.8 Å². The number of methoxy groups -OCH3 is 1. The van der Waals surface area contributed by atoms with Crippen LogP contribution < -0.4 is 0 Å². The summed E-state index contributed by atoms with van der Waals surface area (Å²) in [6.07, 6.45) is 5.28. The van der Waals surface area contributed by atoms with Crippen molar-refractivity contribution in [2.24, 2.45) is 0 Å². The van der Waals surface area contributed by atoms with Crippen LogP contribution in [0.5, 0.6) is 0 Å². The van der Waals surface area contributed by atoms with Crippen molar-refractivity contribution >= 4 is 7.85 Å². The summed E-state index contributed by atoms with van der Waals surface area (Å²) >= 11 is 0. The van der Waals surface area contributed by atoms with Crippen LogP contribution in [0, 0.1) is 0 Å². The smallest absolute Gasteiger partial charge is 0.148 e. The summed E-state index contributed by atoms with van der Waals surface area (Å²) in [7, 11) is 7.72. The Morgan fingerprint density at radius 1 is 1.26 bits per heavy atom. The molecule has 2 heterocycles. The number of fused-ring (bicyclic) bond motifs is 3. The summed E-state index contributed by atoms with van der Waals surface area (Å²) in [6.45, 7) is 3.43. The first-order chi connectivity index (χ1) is 9.19. The highest BCUT2D eigenvalue weighted by Gasteiger charge is 2.77. The minimum Gasteiger partial charge on any atom is -0.381 e. The predicted molar refractivity (Wildman–Crippen MR) is 71.3 cm³/mol. The zero-order valence-electron chi connectivity index (χ0n) is 11.9. The van der Waals surface area contributed by atoms with E-state index in [0.29, 0.717) is 6.61 Å². The van der Waals surface area contributed by atoms with Gasteiger partial charge in [-0.3, -0.25) is 0 Å². The fraction of sp³-hybridized carbons (Fsp3) is 1.00. The fourth-order valence-electron chi connectivity index (χ4n) is 3.58. The Kier molecular flexibility index (Phi) is 3.67. The molecule has 2 aliphatic heterocycles. The van der Waals surface area contributed by atoms with Crippen LogP contribution in [-0.2, 0) is 18.9 Å². The second-order valence-electron chi connectivity index (χ2n) is 5.98. The van der Waals surface area contributed by atoms with Crippen molar-refractivity contribution in [3.8, 4) is 0 Å². The van der Waals surface area contributed by atoms with E-state index in [9.17, 15) is 0 Å². The second kappa shape index (κ2) is 5.03. The summed E-state index contributed by atoms with van der Waals surface area (Å²) < 4.78 is 23.7. The molecule has 5 heteroatoms. The minimum absolute atomic E-state index is 0.0817. The lowest BCUT2D eigenvalue weighted by molar-refractivity contribution is -0.198. The number of hydrogen-bond acceptors (Lipinski definition) is 4. The Morgan fingerprint density at radius 3 is 2.68 bits per heavy atom. The third-order valence-electron chi connectivity index (χ3n) is 4.67. The molecule has 1 aliphatic carbocycles. The Balaban J connectivity index is 1.71. The van der Waals surface area contributed by atoms with Gasteiger partial charge in [-0.05, 0) is 19.3 Å². The molecule has 0 aromatic heterocycles. The molecule has 2 bridgehead atoms. The molecule has 0 amide bonds. The van der Waals surface area contributed by atoms with Crippen molar-refractivity contribution in [2.75, 3.05) is 20.3 Å². The van der Waals surface area contributed by atoms with Gasteiger partial charge in [-0.1, -0.05) is 19.8 Å². The van der Waals surface area contributed by atoms with Crippen LogP contribution in [0.25, 0.3) is 0 Å². The first kappa shape index (κ1) is 13.9. The van der Waals surface area contributed by atoms with E-state index in [2.05, 4.69) is 6.92 Å². The summed E-state index contributed by atoms with van der Waals surface area (Å²) in [5, 5.41) is 0. The second-order valence-corrected chi connectivity index (χ2v) is 5.98. The van der Waals surface area contributed by atoms with Crippen LogP contribution in [0.1, 0.15) is 39.0 Å².